The number of non-ortho nitro benzene ring substituents is 1. The number of ether oxygens (including phenoxy) is 1. The van der Waals surface area contributed by atoms with E-state index in [-0.39, 0.29) is 29.5 Å². The quantitative estimate of drug-likeness (QED) is 0.576. The van der Waals surface area contributed by atoms with Crippen LogP contribution in [0.2, 0.25) is 0 Å². The zero-order valence-electron chi connectivity index (χ0n) is 14.6. The number of hydrogen-bond donors (Lipinski definition) is 1. The number of amides is 1. The Kier molecular flexibility index (Phi) is 6.62. The van der Waals surface area contributed by atoms with Crippen LogP contribution in [0.4, 0.5) is 15.8 Å². The molecule has 0 bridgehead atoms. The first-order valence-electron chi connectivity index (χ1n) is 7.94. The number of rotatable bonds is 8. The predicted octanol–water partition coefficient (Wildman–Crippen LogP) is 3.20. The van der Waals surface area contributed by atoms with Crippen LogP contribution >= 0.6 is 0 Å². The molecule has 26 heavy (non-hydrogen) atoms. The number of carbonyl (C=O) groups excluding carboxylic acids is 1. The third kappa shape index (κ3) is 5.52. The number of methoxy groups -OCH3 is 1. The molecule has 0 aliphatic carbocycles. The fraction of sp³-hybridized carbons (Fsp3) is 0.278. The molecule has 0 aliphatic heterocycles. The minimum absolute atomic E-state index is 0.135. The van der Waals surface area contributed by atoms with Crippen LogP contribution in [0.1, 0.15) is 12.0 Å². The summed E-state index contributed by atoms with van der Waals surface area (Å²) < 4.78 is 18.3. The first-order valence-corrected chi connectivity index (χ1v) is 7.94. The average molecular weight is 361 g/mol. The second kappa shape index (κ2) is 8.91. The number of carbonyl (C=O) groups is 1. The molecule has 0 saturated heterocycles. The molecule has 2 aromatic carbocycles. The van der Waals surface area contributed by atoms with E-state index in [4.69, 9.17) is 4.74 Å². The van der Waals surface area contributed by atoms with E-state index in [0.717, 1.165) is 5.56 Å². The second-order valence-corrected chi connectivity index (χ2v) is 5.81. The normalized spacial score (nSPS) is 10.6. The summed E-state index contributed by atoms with van der Waals surface area (Å²) in [6.45, 7) is 0.949. The molecule has 0 atom stereocenters. The molecule has 1 N–H and O–H groups in total. The molecule has 0 fully saturated rings. The maximum Gasteiger partial charge on any atom is 0.271 e. The molecule has 2 aromatic rings. The minimum atomic E-state index is -0.540. The SMILES string of the molecule is COc1ccc([N+](=O)[O-])cc1NC(=O)CCN(C)Cc1cccc(F)c1. The molecule has 0 saturated carbocycles. The van der Waals surface area contributed by atoms with Crippen molar-refractivity contribution in [3.8, 4) is 5.75 Å². The van der Waals surface area contributed by atoms with E-state index in [1.807, 2.05) is 18.0 Å². The summed E-state index contributed by atoms with van der Waals surface area (Å²) in [4.78, 5) is 24.4. The molecule has 0 unspecified atom stereocenters. The Morgan fingerprint density at radius 1 is 1.31 bits per heavy atom. The Morgan fingerprint density at radius 3 is 2.73 bits per heavy atom. The number of nitro groups is 1. The van der Waals surface area contributed by atoms with E-state index in [2.05, 4.69) is 5.32 Å². The molecule has 2 rings (SSSR count). The highest BCUT2D eigenvalue weighted by Crippen LogP contribution is 2.28. The van der Waals surface area contributed by atoms with Gasteiger partial charge in [0.05, 0.1) is 17.7 Å². The summed E-state index contributed by atoms with van der Waals surface area (Å²) in [7, 11) is 3.25. The van der Waals surface area contributed by atoms with Crippen molar-refractivity contribution < 1.29 is 18.8 Å². The fourth-order valence-electron chi connectivity index (χ4n) is 2.44. The van der Waals surface area contributed by atoms with Crippen LogP contribution in [0.15, 0.2) is 42.5 Å². The molecular weight excluding hydrogens is 341 g/mol. The molecule has 8 heteroatoms. The van der Waals surface area contributed by atoms with Crippen LogP contribution in [0.25, 0.3) is 0 Å². The van der Waals surface area contributed by atoms with Gasteiger partial charge in [0.25, 0.3) is 5.69 Å². The average Bonchev–Trinajstić information content (AvgIpc) is 2.60. The molecule has 0 heterocycles. The minimum Gasteiger partial charge on any atom is -0.495 e. The monoisotopic (exact) mass is 361 g/mol. The van der Waals surface area contributed by atoms with Crippen LogP contribution in [-0.2, 0) is 11.3 Å². The molecule has 7 nitrogen and oxygen atoms in total. The van der Waals surface area contributed by atoms with Gasteiger partial charge in [0.15, 0.2) is 0 Å². The fourth-order valence-corrected chi connectivity index (χ4v) is 2.44. The molecule has 0 aliphatic rings. The van der Waals surface area contributed by atoms with Gasteiger partial charge in [-0.15, -0.1) is 0 Å². The maximum atomic E-state index is 13.2. The summed E-state index contributed by atoms with van der Waals surface area (Å²) in [5.41, 5.74) is 0.928. The van der Waals surface area contributed by atoms with Gasteiger partial charge in [-0.25, -0.2) is 4.39 Å². The molecule has 0 aromatic heterocycles. The molecule has 1 amide bonds. The van der Waals surface area contributed by atoms with Gasteiger partial charge in [0, 0.05) is 31.6 Å². The first kappa shape index (κ1) is 19.3. The van der Waals surface area contributed by atoms with Crippen LogP contribution in [0, 0.1) is 15.9 Å². The summed E-state index contributed by atoms with van der Waals surface area (Å²) in [6.07, 6.45) is 0.178. The number of nitrogens with zero attached hydrogens (tertiary/aromatic N) is 2. The smallest absolute Gasteiger partial charge is 0.271 e. The number of hydrogen-bond acceptors (Lipinski definition) is 5. The van der Waals surface area contributed by atoms with Crippen molar-refractivity contribution >= 4 is 17.3 Å². The number of nitro benzene ring substituents is 1. The third-order valence-electron chi connectivity index (χ3n) is 3.73. The van der Waals surface area contributed by atoms with Crippen molar-refractivity contribution in [2.24, 2.45) is 0 Å². The Hall–Kier alpha value is -3.00. The van der Waals surface area contributed by atoms with E-state index < -0.39 is 4.92 Å². The molecule has 0 radical (unpaired) electrons. The van der Waals surface area contributed by atoms with Crippen molar-refractivity contribution in [2.45, 2.75) is 13.0 Å². The lowest BCUT2D eigenvalue weighted by Crippen LogP contribution is -2.24. The number of nitrogens with one attached hydrogen (secondary N) is 1. The maximum absolute atomic E-state index is 13.2. The molecule has 138 valence electrons. The summed E-state index contributed by atoms with van der Waals surface area (Å²) in [5.74, 6) is -0.252. The zero-order chi connectivity index (χ0) is 19.1. The van der Waals surface area contributed by atoms with E-state index in [1.165, 1.54) is 37.4 Å². The Labute approximate surface area is 150 Å². The van der Waals surface area contributed by atoms with E-state index in [1.54, 1.807) is 6.07 Å². The topological polar surface area (TPSA) is 84.7 Å². The third-order valence-corrected chi connectivity index (χ3v) is 3.73. The van der Waals surface area contributed by atoms with Gasteiger partial charge in [-0.3, -0.25) is 14.9 Å². The predicted molar refractivity (Wildman–Crippen MR) is 95.6 cm³/mol. The summed E-state index contributed by atoms with van der Waals surface area (Å²) >= 11 is 0. The number of benzene rings is 2. The molecular formula is C18H20FN3O4. The van der Waals surface area contributed by atoms with Crippen molar-refractivity contribution in [2.75, 3.05) is 26.0 Å². The summed E-state index contributed by atoms with van der Waals surface area (Å²) in [6, 6.07) is 10.3. The van der Waals surface area contributed by atoms with Crippen molar-refractivity contribution in [3.63, 3.8) is 0 Å². The van der Waals surface area contributed by atoms with E-state index in [9.17, 15) is 19.3 Å². The van der Waals surface area contributed by atoms with Crippen molar-refractivity contribution in [1.82, 2.24) is 4.90 Å². The van der Waals surface area contributed by atoms with E-state index in [0.29, 0.717) is 18.8 Å². The van der Waals surface area contributed by atoms with Crippen molar-refractivity contribution in [1.29, 1.82) is 0 Å². The first-order chi connectivity index (χ1) is 12.4. The van der Waals surface area contributed by atoms with Gasteiger partial charge in [0.1, 0.15) is 11.6 Å². The van der Waals surface area contributed by atoms with Gasteiger partial charge < -0.3 is 15.0 Å². The Morgan fingerprint density at radius 2 is 2.08 bits per heavy atom. The van der Waals surface area contributed by atoms with Gasteiger partial charge in [-0.2, -0.15) is 0 Å². The lowest BCUT2D eigenvalue weighted by Gasteiger charge is -2.17. The number of anilines is 1. The van der Waals surface area contributed by atoms with Crippen molar-refractivity contribution in [3.05, 3.63) is 64.0 Å². The highest BCUT2D eigenvalue weighted by molar-refractivity contribution is 5.92. The van der Waals surface area contributed by atoms with Gasteiger partial charge in [-0.1, -0.05) is 12.1 Å². The lowest BCUT2D eigenvalue weighted by atomic mass is 10.2. The Bertz CT molecular complexity index is 798. The van der Waals surface area contributed by atoms with Gasteiger partial charge in [-0.05, 0) is 30.8 Å². The van der Waals surface area contributed by atoms with Crippen LogP contribution in [0.5, 0.6) is 5.75 Å². The zero-order valence-corrected chi connectivity index (χ0v) is 14.6. The van der Waals surface area contributed by atoms with Gasteiger partial charge in [0.2, 0.25) is 5.91 Å². The van der Waals surface area contributed by atoms with E-state index >= 15 is 0 Å². The second-order valence-electron chi connectivity index (χ2n) is 5.81. The largest absolute Gasteiger partial charge is 0.495 e. The van der Waals surface area contributed by atoms with Crippen LogP contribution < -0.4 is 10.1 Å². The van der Waals surface area contributed by atoms with Crippen LogP contribution in [-0.4, -0.2) is 36.4 Å². The lowest BCUT2D eigenvalue weighted by molar-refractivity contribution is -0.384. The summed E-state index contributed by atoms with van der Waals surface area (Å²) in [5, 5.41) is 13.5. The highest BCUT2D eigenvalue weighted by atomic mass is 19.1. The number of halogens is 1. The standard InChI is InChI=1S/C18H20FN3O4/c1-21(12-13-4-3-5-14(19)10-13)9-8-18(23)20-16-11-15(22(24)25)6-7-17(16)26-2/h3-7,10-11H,8-9,12H2,1-2H3,(H,20,23). The molecule has 0 spiro atoms. The van der Waals surface area contributed by atoms with Gasteiger partial charge >= 0.3 is 0 Å². The highest BCUT2D eigenvalue weighted by Gasteiger charge is 2.14. The Balaban J connectivity index is 1.92. The van der Waals surface area contributed by atoms with Crippen LogP contribution in [0.3, 0.4) is 0 Å².